The van der Waals surface area contributed by atoms with Crippen molar-refractivity contribution in [2.75, 3.05) is 4.93 Å². The SMILES string of the molecule is C=C/C=c1\c(=C/[I-]C)c2ccccc2n1-c1cc2cc(c1)Cc1cc(cc(-n3c4ccccc4c4ccccc43)c1)Cc1cc(cc(-n3c4ccccc4c4ccccc43)c1)Cc1cc(cc(-n3c4ccccc4c4ccccc43)c1)C2. The van der Waals surface area contributed by atoms with Gasteiger partial charge in [-0.3, -0.25) is 0 Å². The van der Waals surface area contributed by atoms with E-state index in [1.165, 1.54) is 148 Å². The van der Waals surface area contributed by atoms with Crippen molar-refractivity contribution in [3.63, 3.8) is 0 Å². The van der Waals surface area contributed by atoms with Crippen molar-refractivity contribution >= 4 is 86.5 Å². The van der Waals surface area contributed by atoms with Crippen LogP contribution in [0.1, 0.15) is 44.5 Å². The van der Waals surface area contributed by atoms with E-state index in [-0.39, 0.29) is 21.2 Å². The predicted molar refractivity (Wildman–Crippen MR) is 341 cm³/mol. The van der Waals surface area contributed by atoms with Crippen LogP contribution in [0.5, 0.6) is 0 Å². The topological polar surface area (TPSA) is 19.7 Å². The van der Waals surface area contributed by atoms with Gasteiger partial charge < -0.3 is 4.57 Å². The Kier molecular flexibility index (Phi) is 11.6. The van der Waals surface area contributed by atoms with Crippen LogP contribution in [0.2, 0.25) is 0 Å². The van der Waals surface area contributed by atoms with Gasteiger partial charge in [0.15, 0.2) is 0 Å². The van der Waals surface area contributed by atoms with Crippen LogP contribution in [0.25, 0.3) is 109 Å². The number of benzene rings is 11. The zero-order chi connectivity index (χ0) is 54.4. The van der Waals surface area contributed by atoms with Crippen LogP contribution >= 0.6 is 0 Å². The van der Waals surface area contributed by atoms with Gasteiger partial charge in [0.1, 0.15) is 0 Å². The molecular weight excluding hydrogens is 1110 g/mol. The van der Waals surface area contributed by atoms with Gasteiger partial charge in [-0.1, -0.05) is 115 Å². The van der Waals surface area contributed by atoms with Crippen LogP contribution in [0, 0.1) is 0 Å². The fourth-order valence-electron chi connectivity index (χ4n) is 13.9. The van der Waals surface area contributed by atoms with Gasteiger partial charge in [0.05, 0.1) is 33.1 Å². The molecule has 11 aromatic carbocycles. The molecule has 0 spiro atoms. The number of fused-ring (bicyclic) bond motifs is 18. The van der Waals surface area contributed by atoms with Gasteiger partial charge in [-0.2, -0.15) is 0 Å². The standard InChI is InChI=1S/C77H56IN4/c1-3-18-70-69(49-78-2)68-25-10-17-32-77(68)79(70)58-41-50-33-51(42-58)35-53-37-55(46-60(44-53)81-73-28-13-6-21-64(73)65-22-7-14-29-74(65)81)39-57-40-56(47-61(48-57)82-75-30-15-8-23-66(75)67-24-9-16-31-76(67)82)38-54-36-52(34-50)43-59(45-54)80-71-26-11-4-19-62(71)63-20-5-12-27-72(63)80/h3-33,36-37,40-49H,1,34-35,38-39H2,2H3/q-1/b69-49-,70-18+. The molecule has 82 heavy (non-hydrogen) atoms. The molecule has 1 aliphatic rings. The molecule has 15 aromatic rings. The molecule has 0 saturated heterocycles. The molecule has 8 bridgehead atoms. The van der Waals surface area contributed by atoms with Crippen LogP contribution in [0.3, 0.4) is 0 Å². The van der Waals surface area contributed by atoms with E-state index >= 15 is 0 Å². The van der Waals surface area contributed by atoms with Crippen molar-refractivity contribution in [2.24, 2.45) is 0 Å². The van der Waals surface area contributed by atoms with Gasteiger partial charge in [0, 0.05) is 38.0 Å². The van der Waals surface area contributed by atoms with Gasteiger partial charge in [0.2, 0.25) is 0 Å². The van der Waals surface area contributed by atoms with Gasteiger partial charge in [-0.25, -0.2) is 0 Å². The summed E-state index contributed by atoms with van der Waals surface area (Å²) >= 11 is -0.144. The second kappa shape index (κ2) is 19.7. The van der Waals surface area contributed by atoms with E-state index < -0.39 is 0 Å². The molecule has 0 unspecified atom stereocenters. The van der Waals surface area contributed by atoms with Crippen molar-refractivity contribution in [3.8, 4) is 22.7 Å². The normalized spacial score (nSPS) is 13.3. The van der Waals surface area contributed by atoms with Crippen molar-refractivity contribution in [2.45, 2.75) is 25.7 Å². The number of hydrogen-bond donors (Lipinski definition) is 0. The third-order valence-electron chi connectivity index (χ3n) is 17.0. The molecule has 0 N–H and O–H groups in total. The maximum absolute atomic E-state index is 4.26. The number of aromatic nitrogens is 4. The van der Waals surface area contributed by atoms with Crippen LogP contribution in [0.15, 0.2) is 255 Å². The summed E-state index contributed by atoms with van der Waals surface area (Å²) in [5.41, 5.74) is 23.4. The van der Waals surface area contributed by atoms with Gasteiger partial charge in [-0.15, -0.1) is 0 Å². The molecular formula is C77H56IN4-. The van der Waals surface area contributed by atoms with E-state index in [2.05, 4.69) is 283 Å². The molecule has 0 atom stereocenters. The Morgan fingerprint density at radius 2 is 0.537 bits per heavy atom. The summed E-state index contributed by atoms with van der Waals surface area (Å²) in [7, 11) is 0. The van der Waals surface area contributed by atoms with Crippen LogP contribution in [0.4, 0.5) is 0 Å². The van der Waals surface area contributed by atoms with E-state index in [0.717, 1.165) is 31.4 Å². The molecule has 1 aliphatic carbocycles. The monoisotopic (exact) mass is 1160 g/mol. The summed E-state index contributed by atoms with van der Waals surface area (Å²) in [6.07, 6.45) is 7.16. The minimum atomic E-state index is -0.144. The predicted octanol–water partition coefficient (Wildman–Crippen LogP) is 14.0. The van der Waals surface area contributed by atoms with Crippen molar-refractivity contribution in [1.82, 2.24) is 18.3 Å². The first-order valence-corrected chi connectivity index (χ1v) is 31.8. The average Bonchev–Trinajstić information content (AvgIpc) is 3.77. The second-order valence-electron chi connectivity index (χ2n) is 22.2. The summed E-state index contributed by atoms with van der Waals surface area (Å²) in [4.78, 5) is 2.34. The fourth-order valence-corrected chi connectivity index (χ4v) is 15.2. The first kappa shape index (κ1) is 48.5. The second-order valence-corrected chi connectivity index (χ2v) is 24.1. The fraction of sp³-hybridized carbons (Fsp3) is 0.0649. The molecule has 4 aromatic heterocycles. The summed E-state index contributed by atoms with van der Waals surface area (Å²) in [6, 6.07) is 91.9. The molecule has 5 heteroatoms. The zero-order valence-corrected chi connectivity index (χ0v) is 47.7. The first-order valence-electron chi connectivity index (χ1n) is 28.4. The van der Waals surface area contributed by atoms with E-state index in [1.54, 1.807) is 0 Å². The molecule has 0 saturated carbocycles. The molecule has 16 rings (SSSR count). The third-order valence-corrected chi connectivity index (χ3v) is 18.2. The van der Waals surface area contributed by atoms with Crippen molar-refractivity contribution in [1.29, 1.82) is 0 Å². The van der Waals surface area contributed by atoms with E-state index in [1.807, 2.05) is 6.08 Å². The Hall–Kier alpha value is -9.43. The van der Waals surface area contributed by atoms with Crippen molar-refractivity contribution in [3.05, 3.63) is 310 Å². The molecule has 0 radical (unpaired) electrons. The first-order chi connectivity index (χ1) is 40.5. The number of hydrogen-bond acceptors (Lipinski definition) is 0. The van der Waals surface area contributed by atoms with E-state index in [9.17, 15) is 0 Å². The van der Waals surface area contributed by atoms with Gasteiger partial charge in [0.25, 0.3) is 0 Å². The molecule has 0 aliphatic heterocycles. The Balaban J connectivity index is 0.969. The van der Waals surface area contributed by atoms with Crippen molar-refractivity contribution < 1.29 is 21.2 Å². The number of halogens is 1. The summed E-state index contributed by atoms with van der Waals surface area (Å²) in [5.74, 6) is 0. The average molecular weight is 1160 g/mol. The Morgan fingerprint density at radius 1 is 0.305 bits per heavy atom. The van der Waals surface area contributed by atoms with Gasteiger partial charge >= 0.3 is 239 Å². The summed E-state index contributed by atoms with van der Waals surface area (Å²) in [5, 5.41) is 11.3. The number of alkyl halides is 1. The Morgan fingerprint density at radius 3 is 0.793 bits per heavy atom. The maximum atomic E-state index is 4.26. The van der Waals surface area contributed by atoms with Gasteiger partial charge in [-0.05, 0) is 59.7 Å². The minimum absolute atomic E-state index is 0.144. The number of rotatable bonds is 6. The van der Waals surface area contributed by atoms with Crippen LogP contribution in [-0.4, -0.2) is 23.2 Å². The molecule has 392 valence electrons. The van der Waals surface area contributed by atoms with E-state index in [4.69, 9.17) is 0 Å². The summed E-state index contributed by atoms with van der Waals surface area (Å²) in [6.45, 7) is 4.26. The Labute approximate surface area is 486 Å². The van der Waals surface area contributed by atoms with Crippen LogP contribution in [-0.2, 0) is 25.7 Å². The van der Waals surface area contributed by atoms with E-state index in [0.29, 0.717) is 0 Å². The molecule has 4 heterocycles. The molecule has 0 amide bonds. The number of nitrogens with zero attached hydrogens (tertiary/aromatic N) is 4. The Bertz CT molecular complexity index is 4890. The third kappa shape index (κ3) is 8.08. The van der Waals surface area contributed by atoms with Crippen LogP contribution < -0.4 is 31.8 Å². The zero-order valence-electron chi connectivity index (χ0n) is 45.5. The molecule has 0 fully saturated rings. The summed E-state index contributed by atoms with van der Waals surface area (Å²) < 4.78 is 12.5. The number of allylic oxidation sites excluding steroid dienone is 1. The molecule has 4 nitrogen and oxygen atoms in total. The quantitative estimate of drug-likeness (QED) is 0.117. The number of para-hydroxylation sites is 7.